The van der Waals surface area contributed by atoms with Crippen LogP contribution in [0.4, 0.5) is 0 Å². The molecule has 72 valence electrons. The molecule has 0 aromatic rings. The molecule has 0 spiro atoms. The van der Waals surface area contributed by atoms with Crippen molar-refractivity contribution < 1.29 is 19.8 Å². The normalized spacial score (nSPS) is 6.00. The maximum atomic E-state index is 8.68. The molecule has 0 aliphatic rings. The van der Waals surface area contributed by atoms with Crippen molar-refractivity contribution in [3.63, 3.8) is 0 Å². The van der Waals surface area contributed by atoms with Crippen LogP contribution in [-0.2, 0) is 19.8 Å². The topological polar surface area (TPSA) is 51.2 Å². The molecule has 0 atom stereocenters. The van der Waals surface area contributed by atoms with Crippen molar-refractivity contribution >= 4 is 79.1 Å². The van der Waals surface area contributed by atoms with E-state index in [9.17, 15) is 0 Å². The van der Waals surface area contributed by atoms with Gasteiger partial charge in [0.15, 0.2) is 0 Å². The van der Waals surface area contributed by atoms with Gasteiger partial charge in [0.2, 0.25) is 0 Å². The van der Waals surface area contributed by atoms with E-state index in [1.807, 2.05) is 0 Å². The van der Waals surface area contributed by atoms with Gasteiger partial charge in [0.05, 0.1) is 0 Å². The molecule has 0 N–H and O–H groups in total. The van der Waals surface area contributed by atoms with Crippen molar-refractivity contribution in [1.82, 2.24) is 0 Å². The fourth-order valence-electron chi connectivity index (χ4n) is 0. The molecule has 0 saturated carbocycles. The first-order chi connectivity index (χ1) is 5.15. The second-order valence-electron chi connectivity index (χ2n) is 0.347. The molecule has 0 heterocycles. The first-order valence-electron chi connectivity index (χ1n) is 1.55. The third-order valence-electron chi connectivity index (χ3n) is 0. The summed E-state index contributed by atoms with van der Waals surface area (Å²) in [7, 11) is 0. The van der Waals surface area contributed by atoms with Crippen LogP contribution in [0.5, 0.6) is 0 Å². The van der Waals surface area contributed by atoms with E-state index in [1.165, 1.54) is 13.2 Å². The molecule has 0 amide bonds. The molecule has 0 rings (SSSR count). The van der Waals surface area contributed by atoms with Gasteiger partial charge < -0.3 is 14.4 Å². The Kier molecular flexibility index (Phi) is 85.5. The number of rotatable bonds is 0. The molecule has 0 aromatic heterocycles. The van der Waals surface area contributed by atoms with Crippen LogP contribution in [0, 0.1) is 0 Å². The Labute approximate surface area is 104 Å². The zero-order valence-corrected chi connectivity index (χ0v) is 13.5. The summed E-state index contributed by atoms with van der Waals surface area (Å²) in [6, 6.07) is 0. The number of halogens is 3. The second kappa shape index (κ2) is 40.8. The van der Waals surface area contributed by atoms with Gasteiger partial charge >= 0.3 is 64.7 Å². The van der Waals surface area contributed by atoms with Gasteiger partial charge in [0.25, 0.3) is 0 Å². The Balaban J connectivity index is -0.0000000315. The van der Waals surface area contributed by atoms with Crippen LogP contribution in [0.25, 0.3) is 0 Å². The monoisotopic (exact) mass is 585 g/mol. The average molecular weight is 585 g/mol. The molecule has 0 saturated heterocycles. The van der Waals surface area contributed by atoms with E-state index >= 15 is 0 Å². The minimum atomic E-state index is -0.167. The summed E-state index contributed by atoms with van der Waals surface area (Å²) in [6.07, 6.45) is 1.50. The molecule has 0 unspecified atom stereocenters. The Morgan fingerprint density at radius 3 is 1.09 bits per heavy atom. The van der Waals surface area contributed by atoms with Gasteiger partial charge in [0, 0.05) is 0 Å². The summed E-state index contributed by atoms with van der Waals surface area (Å²) in [6.45, 7) is 7.82. The number of hydrogen-bond donors (Lipinski definition) is 0. The Morgan fingerprint density at radius 1 is 1.09 bits per heavy atom. The van der Waals surface area contributed by atoms with Gasteiger partial charge in [-0.2, -0.15) is 6.92 Å². The number of hydrogen-bond acceptors (Lipinski definition) is 3. The summed E-state index contributed by atoms with van der Waals surface area (Å²) in [5.41, 5.74) is 0. The molecule has 7 heteroatoms. The molecule has 3 nitrogen and oxygen atoms in total. The molecule has 0 bridgehead atoms. The maximum absolute atomic E-state index is 8.68. The molecule has 0 aliphatic carbocycles. The third kappa shape index (κ3) is 343. The SMILES string of the molecule is C[C-]=O.[CH-]=O.[CH-]=O.[I][Rh]([I])[I]. The van der Waals surface area contributed by atoms with Gasteiger partial charge in [-0.1, -0.05) is 0 Å². The van der Waals surface area contributed by atoms with Crippen molar-refractivity contribution in [2.75, 3.05) is 0 Å². The zero-order valence-electron chi connectivity index (χ0n) is 5.35. The van der Waals surface area contributed by atoms with Crippen LogP contribution in [-0.4, -0.2) is 19.9 Å². The van der Waals surface area contributed by atoms with Gasteiger partial charge in [-0.3, -0.25) is 19.9 Å². The zero-order chi connectivity index (χ0) is 10.3. The van der Waals surface area contributed by atoms with Gasteiger partial charge in [-0.15, -0.1) is 0 Å². The molecule has 11 heavy (non-hydrogen) atoms. The van der Waals surface area contributed by atoms with E-state index in [0.29, 0.717) is 0 Å². The van der Waals surface area contributed by atoms with Crippen LogP contribution in [0.1, 0.15) is 6.92 Å². The Bertz CT molecular complexity index is 59.8. The van der Waals surface area contributed by atoms with E-state index in [2.05, 4.69) is 72.8 Å². The fraction of sp³-hybridized carbons (Fsp3) is 0.250. The van der Waals surface area contributed by atoms with Crippen LogP contribution < -0.4 is 0 Å². The van der Waals surface area contributed by atoms with Crippen LogP contribution in [0.15, 0.2) is 0 Å². The predicted octanol–water partition coefficient (Wildman–Crippen LogP) is 2.22. The summed E-state index contributed by atoms with van der Waals surface area (Å²) in [4.78, 5) is 24.2. The molecule has 0 aromatic carbocycles. The van der Waals surface area contributed by atoms with Crippen molar-refractivity contribution in [2.24, 2.45) is 0 Å². The van der Waals surface area contributed by atoms with Crippen molar-refractivity contribution in [3.05, 3.63) is 0 Å². The van der Waals surface area contributed by atoms with Crippen molar-refractivity contribution in [1.29, 1.82) is 0 Å². The Morgan fingerprint density at radius 2 is 1.09 bits per heavy atom. The van der Waals surface area contributed by atoms with E-state index in [-0.39, 0.29) is 5.41 Å². The molecule has 0 radical (unpaired) electrons. The van der Waals surface area contributed by atoms with Gasteiger partial charge in [0.1, 0.15) is 0 Å². The van der Waals surface area contributed by atoms with E-state index in [4.69, 9.17) is 14.4 Å². The summed E-state index contributed by atoms with van der Waals surface area (Å²) in [5.74, 6) is 0. The van der Waals surface area contributed by atoms with Gasteiger partial charge in [-0.05, 0) is 0 Å². The second-order valence-corrected chi connectivity index (χ2v) is 38.2. The van der Waals surface area contributed by atoms with Crippen LogP contribution in [0.3, 0.4) is 0 Å². The van der Waals surface area contributed by atoms with Crippen molar-refractivity contribution in [3.8, 4) is 0 Å². The minimum absolute atomic E-state index is 0.167. The fourth-order valence-corrected chi connectivity index (χ4v) is 0. The van der Waals surface area contributed by atoms with Crippen LogP contribution in [0.2, 0.25) is 0 Å². The summed E-state index contributed by atoms with van der Waals surface area (Å²) in [5, 5.41) is -0.167. The molecular formula is C4H5I3O3Rh-3. The van der Waals surface area contributed by atoms with Gasteiger partial charge in [-0.25, -0.2) is 0 Å². The number of carbonyl (C=O) groups excluding carboxylic acids is 3. The molecule has 0 fully saturated rings. The quantitative estimate of drug-likeness (QED) is 0.190. The molecular weight excluding hydrogens is 580 g/mol. The standard InChI is InChI=1S/C2H3O.2CHO.3HI.Rh/c1-2-3;2*1-2;;;;/h1H3;2*1H;3*1H;/q3*-1;;;;+3/p-3. The molecule has 0 aliphatic heterocycles. The predicted molar refractivity (Wildman–Crippen MR) is 66.9 cm³/mol. The third-order valence-corrected chi connectivity index (χ3v) is 0. The summed E-state index contributed by atoms with van der Waals surface area (Å²) >= 11 is 7.34. The average Bonchev–Trinajstić information content (AvgIpc) is 1.96. The first-order valence-corrected chi connectivity index (χ1v) is 16.2. The Hall–Kier alpha value is 1.82. The first kappa shape index (κ1) is 23.0. The van der Waals surface area contributed by atoms with Crippen molar-refractivity contribution in [2.45, 2.75) is 6.92 Å². The van der Waals surface area contributed by atoms with E-state index in [1.54, 1.807) is 0 Å². The van der Waals surface area contributed by atoms with E-state index < -0.39 is 0 Å². The van der Waals surface area contributed by atoms with E-state index in [0.717, 1.165) is 0 Å². The summed E-state index contributed by atoms with van der Waals surface area (Å²) < 4.78 is 0. The van der Waals surface area contributed by atoms with Crippen LogP contribution >= 0.6 is 59.3 Å².